The molecule has 0 saturated heterocycles. The largest absolute Gasteiger partial charge is 0.454 e. The van der Waals surface area contributed by atoms with E-state index in [1.807, 2.05) is 32.0 Å². The first kappa shape index (κ1) is 18.2. The molecule has 0 aliphatic rings. The van der Waals surface area contributed by atoms with Gasteiger partial charge in [-0.15, -0.1) is 0 Å². The summed E-state index contributed by atoms with van der Waals surface area (Å²) in [5, 5.41) is 5.14. The van der Waals surface area contributed by atoms with Crippen molar-refractivity contribution in [2.75, 3.05) is 18.5 Å². The van der Waals surface area contributed by atoms with Crippen LogP contribution in [-0.4, -0.2) is 30.9 Å². The zero-order chi connectivity index (χ0) is 18.2. The number of hydrogen-bond acceptors (Lipinski definition) is 4. The van der Waals surface area contributed by atoms with E-state index in [4.69, 9.17) is 4.74 Å². The minimum Gasteiger partial charge on any atom is -0.454 e. The van der Waals surface area contributed by atoms with Crippen LogP contribution in [0.1, 0.15) is 21.5 Å². The number of amides is 2. The Balaban J connectivity index is 1.75. The van der Waals surface area contributed by atoms with Crippen molar-refractivity contribution in [1.82, 2.24) is 5.32 Å². The Bertz CT molecular complexity index is 772. The molecule has 0 heterocycles. The van der Waals surface area contributed by atoms with Crippen molar-refractivity contribution in [3.8, 4) is 0 Å². The van der Waals surface area contributed by atoms with Gasteiger partial charge in [0.05, 0.1) is 0 Å². The van der Waals surface area contributed by atoms with Gasteiger partial charge < -0.3 is 15.4 Å². The number of aryl methyl sites for hydroxylation is 2. The SMILES string of the molecule is Cc1ccc(C)c(NC(=O)COC(=O)CNC(=O)c2ccccc2)c1. The topological polar surface area (TPSA) is 84.5 Å². The van der Waals surface area contributed by atoms with E-state index in [9.17, 15) is 14.4 Å². The first-order valence-electron chi connectivity index (χ1n) is 7.81. The van der Waals surface area contributed by atoms with Crippen molar-refractivity contribution < 1.29 is 19.1 Å². The molecule has 2 N–H and O–H groups in total. The number of benzene rings is 2. The van der Waals surface area contributed by atoms with Crippen LogP contribution in [0.2, 0.25) is 0 Å². The summed E-state index contributed by atoms with van der Waals surface area (Å²) >= 11 is 0. The van der Waals surface area contributed by atoms with Gasteiger partial charge in [0.2, 0.25) is 0 Å². The van der Waals surface area contributed by atoms with Crippen LogP contribution in [0.3, 0.4) is 0 Å². The second-order valence-corrected chi connectivity index (χ2v) is 5.58. The summed E-state index contributed by atoms with van der Waals surface area (Å²) in [7, 11) is 0. The molecule has 6 nitrogen and oxygen atoms in total. The lowest BCUT2D eigenvalue weighted by Crippen LogP contribution is -2.32. The third-order valence-corrected chi connectivity index (χ3v) is 3.46. The zero-order valence-corrected chi connectivity index (χ0v) is 14.2. The Labute approximate surface area is 146 Å². The van der Waals surface area contributed by atoms with E-state index < -0.39 is 18.5 Å². The van der Waals surface area contributed by atoms with E-state index in [1.54, 1.807) is 30.3 Å². The van der Waals surface area contributed by atoms with Crippen LogP contribution in [0.15, 0.2) is 48.5 Å². The summed E-state index contributed by atoms with van der Waals surface area (Å²) in [5.74, 6) is -1.49. The molecule has 0 aliphatic carbocycles. The van der Waals surface area contributed by atoms with Crippen molar-refractivity contribution in [1.29, 1.82) is 0 Å². The molecule has 0 atom stereocenters. The van der Waals surface area contributed by atoms with Crippen LogP contribution >= 0.6 is 0 Å². The number of esters is 1. The summed E-state index contributed by atoms with van der Waals surface area (Å²) < 4.78 is 4.87. The van der Waals surface area contributed by atoms with E-state index in [-0.39, 0.29) is 12.5 Å². The summed E-state index contributed by atoms with van der Waals surface area (Å²) in [4.78, 5) is 35.3. The van der Waals surface area contributed by atoms with Crippen molar-refractivity contribution in [2.24, 2.45) is 0 Å². The first-order chi connectivity index (χ1) is 12.0. The maximum Gasteiger partial charge on any atom is 0.325 e. The average molecular weight is 340 g/mol. The second-order valence-electron chi connectivity index (χ2n) is 5.58. The smallest absolute Gasteiger partial charge is 0.325 e. The lowest BCUT2D eigenvalue weighted by atomic mass is 10.1. The standard InChI is InChI=1S/C19H20N2O4/c1-13-8-9-14(2)16(10-13)21-17(22)12-25-18(23)11-20-19(24)15-6-4-3-5-7-15/h3-10H,11-12H2,1-2H3,(H,20,24)(H,21,22). The van der Waals surface area contributed by atoms with Crippen LogP contribution in [0, 0.1) is 13.8 Å². The van der Waals surface area contributed by atoms with E-state index in [2.05, 4.69) is 10.6 Å². The molecule has 6 heteroatoms. The number of hydrogen-bond donors (Lipinski definition) is 2. The van der Waals surface area contributed by atoms with Crippen LogP contribution in [0.25, 0.3) is 0 Å². The fourth-order valence-electron chi connectivity index (χ4n) is 2.10. The molecule has 2 rings (SSSR count). The first-order valence-corrected chi connectivity index (χ1v) is 7.81. The summed E-state index contributed by atoms with van der Waals surface area (Å²) in [6, 6.07) is 14.2. The number of nitrogens with one attached hydrogen (secondary N) is 2. The molecule has 25 heavy (non-hydrogen) atoms. The van der Waals surface area contributed by atoms with Gasteiger partial charge in [-0.3, -0.25) is 14.4 Å². The fourth-order valence-corrected chi connectivity index (χ4v) is 2.10. The lowest BCUT2D eigenvalue weighted by molar-refractivity contribution is -0.146. The van der Waals surface area contributed by atoms with Gasteiger partial charge >= 0.3 is 5.97 Å². The zero-order valence-electron chi connectivity index (χ0n) is 14.2. The van der Waals surface area contributed by atoms with Crippen LogP contribution in [-0.2, 0) is 14.3 Å². The molecule has 0 aliphatic heterocycles. The van der Waals surface area contributed by atoms with Gasteiger partial charge in [-0.2, -0.15) is 0 Å². The minimum absolute atomic E-state index is 0.301. The third kappa shape index (κ3) is 5.76. The van der Waals surface area contributed by atoms with Crippen LogP contribution < -0.4 is 10.6 Å². The fraction of sp³-hybridized carbons (Fsp3) is 0.211. The number of ether oxygens (including phenoxy) is 1. The van der Waals surface area contributed by atoms with E-state index >= 15 is 0 Å². The van der Waals surface area contributed by atoms with Crippen LogP contribution in [0.5, 0.6) is 0 Å². The molecule has 130 valence electrons. The minimum atomic E-state index is -0.680. The molecule has 0 saturated carbocycles. The van der Waals surface area contributed by atoms with Gasteiger partial charge in [0.15, 0.2) is 6.61 Å². The Morgan fingerprint density at radius 3 is 2.44 bits per heavy atom. The van der Waals surface area contributed by atoms with Crippen molar-refractivity contribution in [3.05, 3.63) is 65.2 Å². The summed E-state index contributed by atoms with van der Waals surface area (Å²) in [5.41, 5.74) is 3.06. The van der Waals surface area contributed by atoms with Crippen molar-refractivity contribution >= 4 is 23.5 Å². The molecule has 0 fully saturated rings. The normalized spacial score (nSPS) is 10.0. The molecule has 0 bridgehead atoms. The molecular formula is C19H20N2O4. The second kappa shape index (κ2) is 8.63. The molecular weight excluding hydrogens is 320 g/mol. The van der Waals surface area contributed by atoms with Gasteiger partial charge in [-0.25, -0.2) is 0 Å². The number of carbonyl (C=O) groups excluding carboxylic acids is 3. The van der Waals surface area contributed by atoms with Crippen molar-refractivity contribution in [3.63, 3.8) is 0 Å². The molecule has 0 aromatic heterocycles. The molecule has 0 spiro atoms. The predicted octanol–water partition coefficient (Wildman–Crippen LogP) is 2.22. The molecule has 0 radical (unpaired) electrons. The Morgan fingerprint density at radius 2 is 1.72 bits per heavy atom. The molecule has 2 amide bonds. The number of rotatable bonds is 6. The van der Waals surface area contributed by atoms with Gasteiger partial charge in [-0.05, 0) is 43.2 Å². The Hall–Kier alpha value is -3.15. The quantitative estimate of drug-likeness (QED) is 0.790. The van der Waals surface area contributed by atoms with Gasteiger partial charge in [0, 0.05) is 11.3 Å². The maximum absolute atomic E-state index is 11.9. The third-order valence-electron chi connectivity index (χ3n) is 3.46. The Morgan fingerprint density at radius 1 is 1.00 bits per heavy atom. The number of anilines is 1. The van der Waals surface area contributed by atoms with E-state index in [0.29, 0.717) is 11.3 Å². The molecule has 0 unspecified atom stereocenters. The van der Waals surface area contributed by atoms with Crippen molar-refractivity contribution in [2.45, 2.75) is 13.8 Å². The highest BCUT2D eigenvalue weighted by Gasteiger charge is 2.11. The lowest BCUT2D eigenvalue weighted by Gasteiger charge is -2.10. The number of carbonyl (C=O) groups is 3. The maximum atomic E-state index is 11.9. The highest BCUT2D eigenvalue weighted by atomic mass is 16.5. The highest BCUT2D eigenvalue weighted by Crippen LogP contribution is 2.16. The van der Waals surface area contributed by atoms with Gasteiger partial charge in [0.1, 0.15) is 6.54 Å². The van der Waals surface area contributed by atoms with Gasteiger partial charge in [0.25, 0.3) is 11.8 Å². The summed E-state index contributed by atoms with van der Waals surface area (Å²) in [6.45, 7) is 3.09. The average Bonchev–Trinajstić information content (AvgIpc) is 2.61. The molecule has 2 aromatic carbocycles. The van der Waals surface area contributed by atoms with Gasteiger partial charge in [-0.1, -0.05) is 30.3 Å². The Kier molecular flexibility index (Phi) is 6.28. The highest BCUT2D eigenvalue weighted by molar-refractivity contribution is 5.96. The van der Waals surface area contributed by atoms with Crippen LogP contribution in [0.4, 0.5) is 5.69 Å². The van der Waals surface area contributed by atoms with E-state index in [1.165, 1.54) is 0 Å². The predicted molar refractivity (Wildman–Crippen MR) is 94.3 cm³/mol. The van der Waals surface area contributed by atoms with E-state index in [0.717, 1.165) is 11.1 Å². The molecule has 2 aromatic rings. The monoisotopic (exact) mass is 340 g/mol. The summed E-state index contributed by atoms with van der Waals surface area (Å²) in [6.07, 6.45) is 0.